The lowest BCUT2D eigenvalue weighted by Gasteiger charge is -2.46. The maximum atomic E-state index is 11.9. The third kappa shape index (κ3) is 3.36. The summed E-state index contributed by atoms with van der Waals surface area (Å²) >= 11 is 0. The van der Waals surface area contributed by atoms with E-state index in [0.717, 1.165) is 32.5 Å². The van der Waals surface area contributed by atoms with E-state index in [4.69, 9.17) is 4.74 Å². The van der Waals surface area contributed by atoms with Crippen molar-refractivity contribution in [2.24, 2.45) is 0 Å². The lowest BCUT2D eigenvalue weighted by atomic mass is 9.89. The molecule has 3 rings (SSSR count). The Morgan fingerprint density at radius 2 is 2.23 bits per heavy atom. The molecule has 1 aromatic rings. The van der Waals surface area contributed by atoms with E-state index in [0.29, 0.717) is 13.1 Å². The van der Waals surface area contributed by atoms with Crippen LogP contribution >= 0.6 is 0 Å². The van der Waals surface area contributed by atoms with Crippen molar-refractivity contribution in [3.8, 4) is 0 Å². The van der Waals surface area contributed by atoms with E-state index >= 15 is 0 Å². The van der Waals surface area contributed by atoms with E-state index < -0.39 is 0 Å². The Balaban J connectivity index is 1.56. The molecule has 0 atom stereocenters. The fraction of sp³-hybridized carbons (Fsp3) is 0.529. The minimum absolute atomic E-state index is 0.0725. The van der Waals surface area contributed by atoms with Crippen molar-refractivity contribution >= 4 is 5.91 Å². The summed E-state index contributed by atoms with van der Waals surface area (Å²) in [5.74, 6) is 0.0725. The molecule has 0 aromatic carbocycles. The maximum Gasteiger partial charge on any atom is 0.248 e. The van der Waals surface area contributed by atoms with E-state index in [-0.39, 0.29) is 18.1 Å². The molecule has 0 aliphatic carbocycles. The van der Waals surface area contributed by atoms with E-state index in [9.17, 15) is 4.79 Å². The van der Waals surface area contributed by atoms with Crippen molar-refractivity contribution in [1.82, 2.24) is 14.8 Å². The highest BCUT2D eigenvalue weighted by Gasteiger charge is 2.41. The lowest BCUT2D eigenvalue weighted by Crippen LogP contribution is -2.58. The van der Waals surface area contributed by atoms with Gasteiger partial charge in [0.25, 0.3) is 0 Å². The van der Waals surface area contributed by atoms with E-state index in [1.807, 2.05) is 17.2 Å². The molecular weight excluding hydrogens is 278 g/mol. The van der Waals surface area contributed by atoms with Crippen molar-refractivity contribution in [2.75, 3.05) is 32.8 Å². The predicted octanol–water partition coefficient (Wildman–Crippen LogP) is 1.46. The van der Waals surface area contributed by atoms with Crippen molar-refractivity contribution in [3.63, 3.8) is 0 Å². The maximum absolute atomic E-state index is 11.9. The highest BCUT2D eigenvalue weighted by molar-refractivity contribution is 5.78. The molecule has 2 fully saturated rings. The van der Waals surface area contributed by atoms with Crippen LogP contribution in [0.2, 0.25) is 0 Å². The molecule has 0 N–H and O–H groups in total. The summed E-state index contributed by atoms with van der Waals surface area (Å²) in [5, 5.41) is 0. The number of amides is 1. The topological polar surface area (TPSA) is 45.7 Å². The largest absolute Gasteiger partial charge is 0.363 e. The highest BCUT2D eigenvalue weighted by Crippen LogP contribution is 2.31. The Morgan fingerprint density at radius 3 is 2.91 bits per heavy atom. The predicted molar refractivity (Wildman–Crippen MR) is 84.2 cm³/mol. The molecule has 118 valence electrons. The first-order valence-corrected chi connectivity index (χ1v) is 7.85. The molecule has 2 saturated heterocycles. The van der Waals surface area contributed by atoms with Gasteiger partial charge in [-0.3, -0.25) is 14.7 Å². The smallest absolute Gasteiger partial charge is 0.248 e. The van der Waals surface area contributed by atoms with Gasteiger partial charge in [-0.05, 0) is 24.5 Å². The third-order valence-corrected chi connectivity index (χ3v) is 4.58. The number of nitrogens with zero attached hydrogens (tertiary/aromatic N) is 3. The molecule has 3 heterocycles. The van der Waals surface area contributed by atoms with E-state index in [2.05, 4.69) is 22.5 Å². The molecule has 2 aliphatic heterocycles. The van der Waals surface area contributed by atoms with Crippen LogP contribution in [0, 0.1) is 0 Å². The van der Waals surface area contributed by atoms with Gasteiger partial charge >= 0.3 is 0 Å². The van der Waals surface area contributed by atoms with Crippen LogP contribution in [0.25, 0.3) is 0 Å². The first-order chi connectivity index (χ1) is 10.7. The number of likely N-dealkylation sites (tertiary alicyclic amines) is 1. The van der Waals surface area contributed by atoms with Crippen molar-refractivity contribution < 1.29 is 9.53 Å². The number of rotatable bonds is 4. The fourth-order valence-electron chi connectivity index (χ4n) is 3.28. The van der Waals surface area contributed by atoms with Crippen LogP contribution in [0.5, 0.6) is 0 Å². The monoisotopic (exact) mass is 301 g/mol. The van der Waals surface area contributed by atoms with Gasteiger partial charge in [-0.15, -0.1) is 6.58 Å². The van der Waals surface area contributed by atoms with Crippen LogP contribution in [0.3, 0.4) is 0 Å². The summed E-state index contributed by atoms with van der Waals surface area (Å²) in [5.41, 5.74) is 1.08. The second-order valence-corrected chi connectivity index (χ2v) is 6.17. The zero-order valence-corrected chi connectivity index (χ0v) is 12.9. The molecule has 1 aromatic heterocycles. The molecular formula is C17H23N3O2. The number of pyridine rings is 1. The Hall–Kier alpha value is -1.72. The van der Waals surface area contributed by atoms with Gasteiger partial charge in [-0.1, -0.05) is 12.1 Å². The minimum atomic E-state index is -0.164. The molecule has 5 nitrogen and oxygen atoms in total. The van der Waals surface area contributed by atoms with E-state index in [1.165, 1.54) is 5.56 Å². The molecule has 1 spiro atoms. The van der Waals surface area contributed by atoms with Crippen molar-refractivity contribution in [2.45, 2.75) is 25.0 Å². The number of ether oxygens (including phenoxy) is 1. The zero-order chi connectivity index (χ0) is 15.4. The summed E-state index contributed by atoms with van der Waals surface area (Å²) < 4.78 is 5.93. The van der Waals surface area contributed by atoms with Gasteiger partial charge in [0.15, 0.2) is 0 Å². The second kappa shape index (κ2) is 6.58. The normalized spacial score (nSPS) is 22.0. The number of hydrogen-bond donors (Lipinski definition) is 0. The quantitative estimate of drug-likeness (QED) is 0.790. The molecule has 5 heteroatoms. The van der Waals surface area contributed by atoms with Crippen LogP contribution in [0.1, 0.15) is 18.4 Å². The van der Waals surface area contributed by atoms with E-state index in [1.54, 1.807) is 12.3 Å². The van der Waals surface area contributed by atoms with Crippen LogP contribution < -0.4 is 0 Å². The van der Waals surface area contributed by atoms with Gasteiger partial charge in [-0.25, -0.2) is 0 Å². The van der Waals surface area contributed by atoms with Gasteiger partial charge in [-0.2, -0.15) is 0 Å². The molecule has 2 aliphatic rings. The first kappa shape index (κ1) is 15.2. The number of morpholine rings is 1. The highest BCUT2D eigenvalue weighted by atomic mass is 16.5. The Bertz CT molecular complexity index is 524. The standard InChI is InChI=1S/C17H23N3O2/c1-2-8-20-14-17(22-13-16(20)21)5-9-19(10-6-17)12-15-4-3-7-18-11-15/h2-4,7,11H,1,5-6,8-10,12-14H2. The molecule has 22 heavy (non-hydrogen) atoms. The minimum Gasteiger partial charge on any atom is -0.363 e. The number of piperidine rings is 1. The summed E-state index contributed by atoms with van der Waals surface area (Å²) in [6.07, 6.45) is 7.44. The zero-order valence-electron chi connectivity index (χ0n) is 12.9. The van der Waals surface area contributed by atoms with Gasteiger partial charge in [0.2, 0.25) is 5.91 Å². The van der Waals surface area contributed by atoms with Crippen LogP contribution in [-0.2, 0) is 16.1 Å². The third-order valence-electron chi connectivity index (χ3n) is 4.58. The van der Waals surface area contributed by atoms with Crippen LogP contribution in [-0.4, -0.2) is 59.1 Å². The van der Waals surface area contributed by atoms with Crippen molar-refractivity contribution in [1.29, 1.82) is 0 Å². The second-order valence-electron chi connectivity index (χ2n) is 6.17. The van der Waals surface area contributed by atoms with Crippen molar-refractivity contribution in [3.05, 3.63) is 42.7 Å². The number of aromatic nitrogens is 1. The SMILES string of the molecule is C=CCN1CC2(CCN(Cc3cccnc3)CC2)OCC1=O. The van der Waals surface area contributed by atoms with Gasteiger partial charge in [0, 0.05) is 38.6 Å². The molecule has 0 radical (unpaired) electrons. The molecule has 0 saturated carbocycles. The summed E-state index contributed by atoms with van der Waals surface area (Å²) in [6.45, 7) is 8.16. The van der Waals surface area contributed by atoms with Gasteiger partial charge in [0.05, 0.1) is 12.1 Å². The first-order valence-electron chi connectivity index (χ1n) is 7.85. The number of carbonyl (C=O) groups is 1. The molecule has 1 amide bonds. The summed E-state index contributed by atoms with van der Waals surface area (Å²) in [7, 11) is 0. The Labute approximate surface area is 131 Å². The van der Waals surface area contributed by atoms with Gasteiger partial charge < -0.3 is 9.64 Å². The Kier molecular flexibility index (Phi) is 4.55. The number of hydrogen-bond acceptors (Lipinski definition) is 4. The average molecular weight is 301 g/mol. The Morgan fingerprint density at radius 1 is 1.41 bits per heavy atom. The molecule has 0 bridgehead atoms. The summed E-state index contributed by atoms with van der Waals surface area (Å²) in [4.78, 5) is 20.3. The fourth-order valence-corrected chi connectivity index (χ4v) is 3.28. The number of carbonyl (C=O) groups excluding carboxylic acids is 1. The molecule has 0 unspecified atom stereocenters. The average Bonchev–Trinajstić information content (AvgIpc) is 2.55. The van der Waals surface area contributed by atoms with Gasteiger partial charge in [0.1, 0.15) is 6.61 Å². The lowest BCUT2D eigenvalue weighted by molar-refractivity contribution is -0.170. The van der Waals surface area contributed by atoms with Crippen LogP contribution in [0.15, 0.2) is 37.2 Å². The van der Waals surface area contributed by atoms with Crippen LogP contribution in [0.4, 0.5) is 0 Å². The summed E-state index contributed by atoms with van der Waals surface area (Å²) in [6, 6.07) is 4.09.